The van der Waals surface area contributed by atoms with Gasteiger partial charge < -0.3 is 4.90 Å². The van der Waals surface area contributed by atoms with Gasteiger partial charge in [0.2, 0.25) is 0 Å². The van der Waals surface area contributed by atoms with Gasteiger partial charge in [0.15, 0.2) is 0 Å². The molecule has 0 atom stereocenters. The summed E-state index contributed by atoms with van der Waals surface area (Å²) in [5.74, 6) is -0.217. The second-order valence-electron chi connectivity index (χ2n) is 6.91. The van der Waals surface area contributed by atoms with Crippen LogP contribution in [0.2, 0.25) is 0 Å². The van der Waals surface area contributed by atoms with Crippen molar-refractivity contribution < 1.29 is 4.39 Å². The molecule has 1 fully saturated rings. The molecule has 0 saturated carbocycles. The minimum absolute atomic E-state index is 0. The SMILES string of the molecule is Cl.Cl.Fc1cccc(-c2cnc3cc(CCCN4CCCC4)ccc3c2)c1. The van der Waals surface area contributed by atoms with Crippen LogP contribution in [0.25, 0.3) is 22.0 Å². The lowest BCUT2D eigenvalue weighted by molar-refractivity contribution is 0.334. The smallest absolute Gasteiger partial charge is 0.123 e. The molecule has 0 bridgehead atoms. The molecule has 27 heavy (non-hydrogen) atoms. The number of fused-ring (bicyclic) bond motifs is 1. The average Bonchev–Trinajstić information content (AvgIpc) is 3.15. The van der Waals surface area contributed by atoms with Crippen LogP contribution < -0.4 is 0 Å². The van der Waals surface area contributed by atoms with E-state index in [4.69, 9.17) is 0 Å². The van der Waals surface area contributed by atoms with Gasteiger partial charge in [-0.2, -0.15) is 0 Å². The third-order valence-electron chi connectivity index (χ3n) is 5.05. The van der Waals surface area contributed by atoms with E-state index in [1.54, 1.807) is 12.1 Å². The van der Waals surface area contributed by atoms with E-state index in [1.807, 2.05) is 12.3 Å². The van der Waals surface area contributed by atoms with Crippen molar-refractivity contribution in [2.75, 3.05) is 19.6 Å². The first-order chi connectivity index (χ1) is 12.3. The molecule has 144 valence electrons. The number of benzene rings is 2. The number of aromatic nitrogens is 1. The molecule has 3 aromatic rings. The fourth-order valence-electron chi connectivity index (χ4n) is 3.66. The third-order valence-corrected chi connectivity index (χ3v) is 5.05. The summed E-state index contributed by atoms with van der Waals surface area (Å²) in [5, 5.41) is 1.10. The minimum Gasteiger partial charge on any atom is -0.303 e. The van der Waals surface area contributed by atoms with E-state index in [-0.39, 0.29) is 30.6 Å². The van der Waals surface area contributed by atoms with E-state index in [1.165, 1.54) is 50.5 Å². The van der Waals surface area contributed by atoms with Crippen LogP contribution >= 0.6 is 24.8 Å². The number of hydrogen-bond acceptors (Lipinski definition) is 2. The summed E-state index contributed by atoms with van der Waals surface area (Å²) in [7, 11) is 0. The number of aryl methyl sites for hydroxylation is 1. The first-order valence-corrected chi connectivity index (χ1v) is 9.15. The molecule has 0 amide bonds. The summed E-state index contributed by atoms with van der Waals surface area (Å²) in [6, 6.07) is 15.3. The number of likely N-dealkylation sites (tertiary alicyclic amines) is 1. The topological polar surface area (TPSA) is 16.1 Å². The molecule has 2 nitrogen and oxygen atoms in total. The molecule has 2 heterocycles. The summed E-state index contributed by atoms with van der Waals surface area (Å²) in [5.41, 5.74) is 4.18. The highest BCUT2D eigenvalue weighted by Gasteiger charge is 2.10. The number of pyridine rings is 1. The highest BCUT2D eigenvalue weighted by Crippen LogP contribution is 2.24. The Morgan fingerprint density at radius 3 is 2.52 bits per heavy atom. The first kappa shape index (κ1) is 21.6. The maximum absolute atomic E-state index is 13.4. The number of hydrogen-bond donors (Lipinski definition) is 0. The van der Waals surface area contributed by atoms with Gasteiger partial charge in [-0.15, -0.1) is 24.8 Å². The second-order valence-corrected chi connectivity index (χ2v) is 6.91. The van der Waals surface area contributed by atoms with Crippen LogP contribution in [0.5, 0.6) is 0 Å². The zero-order chi connectivity index (χ0) is 17.1. The zero-order valence-electron chi connectivity index (χ0n) is 15.2. The maximum atomic E-state index is 13.4. The van der Waals surface area contributed by atoms with Gasteiger partial charge in [0.1, 0.15) is 5.82 Å². The van der Waals surface area contributed by atoms with Crippen molar-refractivity contribution in [3.63, 3.8) is 0 Å². The average molecular weight is 407 g/mol. The molecule has 1 aliphatic heterocycles. The van der Waals surface area contributed by atoms with Crippen molar-refractivity contribution in [3.05, 3.63) is 66.1 Å². The van der Waals surface area contributed by atoms with Crippen LogP contribution in [0.1, 0.15) is 24.8 Å². The molecule has 0 unspecified atom stereocenters. The van der Waals surface area contributed by atoms with Gasteiger partial charge in [0.25, 0.3) is 0 Å². The van der Waals surface area contributed by atoms with E-state index in [0.717, 1.165) is 28.5 Å². The molecular weight excluding hydrogens is 382 g/mol. The van der Waals surface area contributed by atoms with E-state index < -0.39 is 0 Å². The van der Waals surface area contributed by atoms with Crippen molar-refractivity contribution in [3.8, 4) is 11.1 Å². The highest BCUT2D eigenvalue weighted by molar-refractivity contribution is 5.86. The second kappa shape index (κ2) is 10.0. The zero-order valence-corrected chi connectivity index (χ0v) is 16.9. The van der Waals surface area contributed by atoms with Crippen LogP contribution in [-0.2, 0) is 6.42 Å². The molecule has 5 heteroatoms. The van der Waals surface area contributed by atoms with Gasteiger partial charge in [0.05, 0.1) is 5.52 Å². The fraction of sp³-hybridized carbons (Fsp3) is 0.318. The lowest BCUT2D eigenvalue weighted by Crippen LogP contribution is -2.20. The van der Waals surface area contributed by atoms with Gasteiger partial charge in [-0.3, -0.25) is 4.98 Å². The highest BCUT2D eigenvalue weighted by atomic mass is 35.5. The maximum Gasteiger partial charge on any atom is 0.123 e. The number of rotatable bonds is 5. The van der Waals surface area contributed by atoms with Crippen molar-refractivity contribution in [2.45, 2.75) is 25.7 Å². The molecule has 1 saturated heterocycles. The summed E-state index contributed by atoms with van der Waals surface area (Å²) in [6.45, 7) is 3.73. The van der Waals surface area contributed by atoms with E-state index in [9.17, 15) is 4.39 Å². The molecule has 0 aliphatic carbocycles. The molecule has 0 radical (unpaired) electrons. The standard InChI is InChI=1S/C22H23FN2.2ClH/c23-21-7-3-6-18(15-21)20-14-19-9-8-17(13-22(19)24-16-20)5-4-12-25-10-1-2-11-25;;/h3,6-9,13-16H,1-2,4-5,10-12H2;2*1H. The van der Waals surface area contributed by atoms with Crippen LogP contribution in [0.3, 0.4) is 0 Å². The van der Waals surface area contributed by atoms with E-state index in [2.05, 4.69) is 34.1 Å². The Morgan fingerprint density at radius 1 is 0.926 bits per heavy atom. The Bertz CT molecular complexity index is 879. The molecule has 4 rings (SSSR count). The lowest BCUT2D eigenvalue weighted by Gasteiger charge is -2.14. The largest absolute Gasteiger partial charge is 0.303 e. The van der Waals surface area contributed by atoms with Crippen molar-refractivity contribution in [1.82, 2.24) is 9.88 Å². The monoisotopic (exact) mass is 406 g/mol. The summed E-state index contributed by atoms with van der Waals surface area (Å²) < 4.78 is 13.4. The van der Waals surface area contributed by atoms with Gasteiger partial charge >= 0.3 is 0 Å². The van der Waals surface area contributed by atoms with Gasteiger partial charge in [-0.05, 0) is 80.7 Å². The first-order valence-electron chi connectivity index (χ1n) is 9.15. The van der Waals surface area contributed by atoms with Crippen molar-refractivity contribution in [2.24, 2.45) is 0 Å². The predicted octanol–water partition coefficient (Wildman–Crippen LogP) is 5.91. The van der Waals surface area contributed by atoms with E-state index >= 15 is 0 Å². The Hall–Kier alpha value is -1.68. The van der Waals surface area contributed by atoms with E-state index in [0.29, 0.717) is 0 Å². The molecule has 1 aromatic heterocycles. The quantitative estimate of drug-likeness (QED) is 0.523. The molecule has 1 aliphatic rings. The Labute approximate surface area is 172 Å². The number of halogens is 3. The molecular formula is C22H25Cl2FN2. The summed E-state index contributed by atoms with van der Waals surface area (Å²) in [6.07, 6.45) is 6.85. The minimum atomic E-state index is -0.217. The third kappa shape index (κ3) is 5.41. The Morgan fingerprint density at radius 2 is 1.74 bits per heavy atom. The van der Waals surface area contributed by atoms with Gasteiger partial charge in [-0.1, -0.05) is 24.3 Å². The molecule has 0 N–H and O–H groups in total. The Balaban J connectivity index is 0.00000131. The lowest BCUT2D eigenvalue weighted by atomic mass is 10.0. The van der Waals surface area contributed by atoms with Crippen molar-refractivity contribution >= 4 is 35.7 Å². The predicted molar refractivity (Wildman–Crippen MR) is 116 cm³/mol. The van der Waals surface area contributed by atoms with Crippen LogP contribution in [-0.4, -0.2) is 29.5 Å². The Kier molecular flexibility index (Phi) is 8.03. The summed E-state index contributed by atoms with van der Waals surface area (Å²) >= 11 is 0. The van der Waals surface area contributed by atoms with Crippen molar-refractivity contribution in [1.29, 1.82) is 0 Å². The summed E-state index contributed by atoms with van der Waals surface area (Å²) in [4.78, 5) is 7.16. The molecule has 2 aromatic carbocycles. The van der Waals surface area contributed by atoms with Crippen LogP contribution in [0, 0.1) is 5.82 Å². The normalized spacial score (nSPS) is 14.0. The van der Waals surface area contributed by atoms with Crippen LogP contribution in [0.15, 0.2) is 54.7 Å². The fourth-order valence-corrected chi connectivity index (χ4v) is 3.66. The number of nitrogens with zero attached hydrogens (tertiary/aromatic N) is 2. The van der Waals surface area contributed by atoms with Gasteiger partial charge in [-0.25, -0.2) is 4.39 Å². The van der Waals surface area contributed by atoms with Gasteiger partial charge in [0, 0.05) is 17.1 Å². The van der Waals surface area contributed by atoms with Crippen LogP contribution in [0.4, 0.5) is 4.39 Å². The molecule has 0 spiro atoms.